The zero-order valence-electron chi connectivity index (χ0n) is 36.3. The maximum Gasteiger partial charge on any atom is 0.309 e. The number of allylic oxidation sites excluding steroid dienone is 1. The van der Waals surface area contributed by atoms with Crippen molar-refractivity contribution in [3.05, 3.63) is 47.0 Å². The summed E-state index contributed by atoms with van der Waals surface area (Å²) in [7, 11) is 0. The van der Waals surface area contributed by atoms with Crippen molar-refractivity contribution in [1.29, 1.82) is 0 Å². The molecule has 0 unspecified atom stereocenters. The number of aliphatic hydroxyl groups excluding tert-OH is 1. The van der Waals surface area contributed by atoms with Crippen molar-refractivity contribution in [2.45, 2.75) is 159 Å². The summed E-state index contributed by atoms with van der Waals surface area (Å²) in [5, 5.41) is 22.2. The fourth-order valence-electron chi connectivity index (χ4n) is 13.7. The minimum absolute atomic E-state index is 0.00291. The van der Waals surface area contributed by atoms with Gasteiger partial charge >= 0.3 is 11.9 Å². The van der Waals surface area contributed by atoms with Gasteiger partial charge in [-0.15, -0.1) is 0 Å². The average molecular weight is 774 g/mol. The van der Waals surface area contributed by atoms with E-state index in [1.54, 1.807) is 13.8 Å². The Kier molecular flexibility index (Phi) is 11.2. The Labute approximate surface area is 336 Å². The van der Waals surface area contributed by atoms with Gasteiger partial charge in [0.2, 0.25) is 5.91 Å². The summed E-state index contributed by atoms with van der Waals surface area (Å²) in [6.45, 7) is 23.9. The van der Waals surface area contributed by atoms with Crippen molar-refractivity contribution < 1.29 is 34.1 Å². The van der Waals surface area contributed by atoms with Gasteiger partial charge < -0.3 is 19.8 Å². The first kappa shape index (κ1) is 42.6. The number of carbonyl (C=O) groups is 4. The molecule has 0 bridgehead atoms. The first-order chi connectivity index (χ1) is 26.0. The van der Waals surface area contributed by atoms with Gasteiger partial charge in [0.25, 0.3) is 0 Å². The second-order valence-corrected chi connectivity index (χ2v) is 21.4. The number of ether oxygens (including phenoxy) is 1. The normalized spacial score (nSPS) is 35.6. The lowest BCUT2D eigenvalue weighted by molar-refractivity contribution is -0.235. The van der Waals surface area contributed by atoms with E-state index in [-0.39, 0.29) is 70.2 Å². The Morgan fingerprint density at radius 2 is 1.54 bits per heavy atom. The van der Waals surface area contributed by atoms with Gasteiger partial charge in [0.1, 0.15) is 6.10 Å². The van der Waals surface area contributed by atoms with Gasteiger partial charge in [-0.1, -0.05) is 98.2 Å². The minimum Gasteiger partial charge on any atom is -0.481 e. The molecule has 0 aliphatic heterocycles. The summed E-state index contributed by atoms with van der Waals surface area (Å²) < 4.78 is 6.18. The molecule has 9 atom stereocenters. The molecule has 8 nitrogen and oxygen atoms in total. The van der Waals surface area contributed by atoms with Crippen LogP contribution in [0.25, 0.3) is 0 Å². The monoisotopic (exact) mass is 774 g/mol. The summed E-state index contributed by atoms with van der Waals surface area (Å²) in [6.07, 6.45) is 6.47. The molecule has 0 spiro atoms. The van der Waals surface area contributed by atoms with Gasteiger partial charge in [0.15, 0.2) is 5.78 Å². The van der Waals surface area contributed by atoms with Crippen molar-refractivity contribution >= 4 is 23.6 Å². The fraction of sp³-hybridized carbons (Fsp3) is 0.750. The van der Waals surface area contributed by atoms with Gasteiger partial charge in [-0.25, -0.2) is 0 Å². The summed E-state index contributed by atoms with van der Waals surface area (Å²) in [5.74, 6) is -0.466. The number of hydrogen-bond donors (Lipinski definition) is 2. The van der Waals surface area contributed by atoms with Crippen molar-refractivity contribution in [2.24, 2.45) is 62.1 Å². The molecule has 4 fully saturated rings. The third kappa shape index (κ3) is 6.70. The number of esters is 1. The molecule has 1 aromatic rings. The van der Waals surface area contributed by atoms with Crippen LogP contribution in [0, 0.1) is 62.1 Å². The summed E-state index contributed by atoms with van der Waals surface area (Å²) in [5.41, 5.74) is 0.970. The number of carboxylic acid groups (broad SMARTS) is 1. The molecule has 0 aromatic heterocycles. The first-order valence-electron chi connectivity index (χ1n) is 21.7. The smallest absolute Gasteiger partial charge is 0.309 e. The molecule has 6 rings (SSSR count). The molecule has 310 valence electrons. The zero-order valence-corrected chi connectivity index (χ0v) is 36.3. The Morgan fingerprint density at radius 1 is 0.875 bits per heavy atom. The van der Waals surface area contributed by atoms with E-state index < -0.39 is 28.9 Å². The van der Waals surface area contributed by atoms with E-state index in [1.807, 2.05) is 49.1 Å². The molecule has 1 aromatic carbocycles. The number of amides is 1. The quantitative estimate of drug-likeness (QED) is 0.215. The van der Waals surface area contributed by atoms with Crippen LogP contribution in [-0.2, 0) is 30.5 Å². The number of aliphatic carboxylic acids is 1. The lowest BCUT2D eigenvalue weighted by Crippen LogP contribution is -2.66. The number of fused-ring (bicyclic) bond motifs is 7. The van der Waals surface area contributed by atoms with E-state index in [4.69, 9.17) is 4.74 Å². The van der Waals surface area contributed by atoms with E-state index in [1.165, 1.54) is 5.57 Å². The molecule has 0 heterocycles. The maximum absolute atomic E-state index is 14.3. The third-order valence-electron chi connectivity index (χ3n) is 16.9. The van der Waals surface area contributed by atoms with Crippen LogP contribution in [0.1, 0.15) is 146 Å². The van der Waals surface area contributed by atoms with Crippen LogP contribution in [0.2, 0.25) is 0 Å². The Balaban J connectivity index is 1.30. The van der Waals surface area contributed by atoms with Crippen molar-refractivity contribution in [3.8, 4) is 0 Å². The molecular formula is C48H71NO7. The highest BCUT2D eigenvalue weighted by molar-refractivity contribution is 6.00. The molecule has 1 amide bonds. The molecule has 5 aliphatic carbocycles. The number of rotatable bonds is 11. The summed E-state index contributed by atoms with van der Waals surface area (Å²) in [4.78, 5) is 54.7. The van der Waals surface area contributed by atoms with Crippen LogP contribution in [0.3, 0.4) is 0 Å². The van der Waals surface area contributed by atoms with E-state index in [2.05, 4.69) is 48.5 Å². The molecule has 56 heavy (non-hydrogen) atoms. The van der Waals surface area contributed by atoms with Crippen molar-refractivity contribution in [3.63, 3.8) is 0 Å². The molecule has 4 saturated carbocycles. The Hall–Kier alpha value is -3.00. The van der Waals surface area contributed by atoms with Crippen LogP contribution < -0.4 is 0 Å². The highest BCUT2D eigenvalue weighted by Gasteiger charge is 2.71. The second kappa shape index (κ2) is 14.7. The van der Waals surface area contributed by atoms with Gasteiger partial charge in [-0.2, -0.15) is 0 Å². The minimum atomic E-state index is -1.18. The molecular weight excluding hydrogens is 703 g/mol. The number of ketones is 1. The summed E-state index contributed by atoms with van der Waals surface area (Å²) >= 11 is 0. The highest BCUT2D eigenvalue weighted by atomic mass is 16.5. The van der Waals surface area contributed by atoms with Gasteiger partial charge in [-0.3, -0.25) is 19.2 Å². The molecule has 8 heteroatoms. The number of hydrogen-bond acceptors (Lipinski definition) is 6. The SMILES string of the molecule is CC(C)C(=O)N(Cc1ccccc1)C[C@H](O)[C@@]12CC[C@]3(C)[C@H](CC[C@@H]4[C@@]5(C)CC[C@H](OC(=O)CC(C)(C)C(=O)O)C(C)(C)[C@H]5CC[C@]43C)C1=C(C(C)C)C(=O)C2. The van der Waals surface area contributed by atoms with Crippen molar-refractivity contribution in [2.75, 3.05) is 6.54 Å². The zero-order chi connectivity index (χ0) is 41.4. The first-order valence-corrected chi connectivity index (χ1v) is 21.7. The topological polar surface area (TPSA) is 121 Å². The Morgan fingerprint density at radius 3 is 2.14 bits per heavy atom. The van der Waals surface area contributed by atoms with Gasteiger partial charge in [0.05, 0.1) is 17.9 Å². The number of carboxylic acids is 1. The standard InChI is InChI=1S/C48H71NO7/c1-29(2)39-33(50)25-48(36(51)28-49(41(53)30(3)4)27-31-15-13-12-14-16-31)24-23-46(10)32(40(39)48)17-18-35-45(9)21-20-37(56-38(52)26-43(5,6)42(54)55)44(7,8)34(45)19-22-47(35,46)11/h12-16,29-30,32,34-37,51H,17-28H2,1-11H3,(H,54,55)/t32-,34-,35-,36+,37+,45+,46-,47-,48+/m1/s1. The molecule has 5 aliphatic rings. The summed E-state index contributed by atoms with van der Waals surface area (Å²) in [6, 6.07) is 9.98. The number of nitrogens with zero attached hydrogens (tertiary/aromatic N) is 1. The number of Topliss-reactive ketones (excluding diaryl/α,β-unsaturated/α-hetero) is 1. The van der Waals surface area contributed by atoms with E-state index in [0.717, 1.165) is 62.5 Å². The second-order valence-electron chi connectivity index (χ2n) is 21.4. The average Bonchev–Trinajstić information content (AvgIpc) is 3.42. The number of aliphatic hydroxyl groups is 1. The predicted molar refractivity (Wildman–Crippen MR) is 218 cm³/mol. The maximum atomic E-state index is 14.3. The molecule has 0 radical (unpaired) electrons. The largest absolute Gasteiger partial charge is 0.481 e. The van der Waals surface area contributed by atoms with E-state index in [0.29, 0.717) is 24.8 Å². The van der Waals surface area contributed by atoms with Gasteiger partial charge in [0, 0.05) is 36.3 Å². The van der Waals surface area contributed by atoms with Crippen LogP contribution in [0.5, 0.6) is 0 Å². The van der Waals surface area contributed by atoms with Crippen LogP contribution in [0.15, 0.2) is 41.5 Å². The van der Waals surface area contributed by atoms with E-state index in [9.17, 15) is 29.4 Å². The molecule has 0 saturated heterocycles. The van der Waals surface area contributed by atoms with E-state index >= 15 is 0 Å². The van der Waals surface area contributed by atoms with Crippen LogP contribution in [0.4, 0.5) is 0 Å². The van der Waals surface area contributed by atoms with Gasteiger partial charge in [-0.05, 0) is 116 Å². The number of benzene rings is 1. The van der Waals surface area contributed by atoms with Crippen LogP contribution >= 0.6 is 0 Å². The fourth-order valence-corrected chi connectivity index (χ4v) is 13.7. The van der Waals surface area contributed by atoms with Crippen LogP contribution in [-0.4, -0.2) is 57.5 Å². The Bertz CT molecular complexity index is 1740. The number of carbonyl (C=O) groups excluding carboxylic acids is 3. The predicted octanol–water partition coefficient (Wildman–Crippen LogP) is 9.43. The molecule has 2 N–H and O–H groups in total. The lowest BCUT2D eigenvalue weighted by Gasteiger charge is -2.72. The van der Waals surface area contributed by atoms with Crippen molar-refractivity contribution in [1.82, 2.24) is 4.90 Å². The highest BCUT2D eigenvalue weighted by Crippen LogP contribution is 2.77. The lowest BCUT2D eigenvalue weighted by atomic mass is 9.33. The third-order valence-corrected chi connectivity index (χ3v) is 16.9.